The van der Waals surface area contributed by atoms with Crippen LogP contribution in [0.2, 0.25) is 0 Å². The fraction of sp³-hybridized carbons (Fsp3) is 0.333. The number of rotatable bonds is 3. The van der Waals surface area contributed by atoms with Crippen LogP contribution in [0.4, 0.5) is 26.3 Å². The smallest absolute Gasteiger partial charge is 0.464 e. The van der Waals surface area contributed by atoms with Crippen LogP contribution in [0, 0.1) is 5.82 Å². The van der Waals surface area contributed by atoms with Crippen LogP contribution < -0.4 is 4.74 Å². The van der Waals surface area contributed by atoms with E-state index in [4.69, 9.17) is 0 Å². The van der Waals surface area contributed by atoms with E-state index in [0.29, 0.717) is 0 Å². The maximum absolute atomic E-state index is 13.3. The van der Waals surface area contributed by atoms with E-state index in [2.05, 4.69) is 14.5 Å². The SMILES string of the molecule is COC(=O)c1cc(F)c(C(F)F)c(OC(F)(F)F)n1. The minimum Gasteiger partial charge on any atom is -0.464 e. The van der Waals surface area contributed by atoms with Gasteiger partial charge in [-0.05, 0) is 0 Å². The molecule has 0 N–H and O–H groups in total. The molecule has 0 bridgehead atoms. The number of carbonyl (C=O) groups excluding carboxylic acids is 1. The first-order valence-electron chi connectivity index (χ1n) is 4.48. The Bertz CT molecular complexity index is 488. The fourth-order valence-corrected chi connectivity index (χ4v) is 1.10. The highest BCUT2D eigenvalue weighted by molar-refractivity contribution is 5.87. The van der Waals surface area contributed by atoms with Crippen molar-refractivity contribution >= 4 is 5.97 Å². The molecule has 0 aromatic carbocycles. The van der Waals surface area contributed by atoms with Gasteiger partial charge in [0.05, 0.1) is 7.11 Å². The molecule has 0 aliphatic carbocycles. The lowest BCUT2D eigenvalue weighted by Crippen LogP contribution is -2.21. The van der Waals surface area contributed by atoms with Crippen LogP contribution in [-0.2, 0) is 4.74 Å². The molecule has 1 heterocycles. The number of aromatic nitrogens is 1. The minimum absolute atomic E-state index is 0.233. The molecule has 0 saturated carbocycles. The predicted octanol–water partition coefficient (Wildman–Crippen LogP) is 2.84. The number of alkyl halides is 5. The summed E-state index contributed by atoms with van der Waals surface area (Å²) in [6.45, 7) is 0. The Kier molecular flexibility index (Phi) is 4.22. The Morgan fingerprint density at radius 3 is 2.37 bits per heavy atom. The van der Waals surface area contributed by atoms with Gasteiger partial charge in [-0.2, -0.15) is 0 Å². The number of esters is 1. The second-order valence-corrected chi connectivity index (χ2v) is 3.05. The molecular weight excluding hydrogens is 284 g/mol. The van der Waals surface area contributed by atoms with Gasteiger partial charge in [-0.3, -0.25) is 0 Å². The van der Waals surface area contributed by atoms with E-state index in [1.54, 1.807) is 0 Å². The summed E-state index contributed by atoms with van der Waals surface area (Å²) in [6, 6.07) is 0.233. The van der Waals surface area contributed by atoms with Gasteiger partial charge in [0.15, 0.2) is 5.69 Å². The van der Waals surface area contributed by atoms with Crippen LogP contribution in [0.1, 0.15) is 22.5 Å². The Hall–Kier alpha value is -2.00. The zero-order valence-electron chi connectivity index (χ0n) is 9.09. The Morgan fingerprint density at radius 2 is 1.95 bits per heavy atom. The van der Waals surface area contributed by atoms with Crippen LogP contribution >= 0.6 is 0 Å². The molecule has 106 valence electrons. The van der Waals surface area contributed by atoms with E-state index >= 15 is 0 Å². The second kappa shape index (κ2) is 5.33. The molecule has 0 unspecified atom stereocenters. The van der Waals surface area contributed by atoms with Crippen molar-refractivity contribution in [3.05, 3.63) is 23.1 Å². The van der Waals surface area contributed by atoms with Gasteiger partial charge in [0, 0.05) is 6.07 Å². The highest BCUT2D eigenvalue weighted by atomic mass is 19.4. The van der Waals surface area contributed by atoms with E-state index in [1.807, 2.05) is 0 Å². The third kappa shape index (κ3) is 3.73. The Labute approximate surface area is 101 Å². The summed E-state index contributed by atoms with van der Waals surface area (Å²) in [5.41, 5.74) is -2.62. The zero-order chi connectivity index (χ0) is 14.8. The largest absolute Gasteiger partial charge is 0.574 e. The average Bonchev–Trinajstić information content (AvgIpc) is 2.24. The van der Waals surface area contributed by atoms with Crippen LogP contribution in [0.15, 0.2) is 6.07 Å². The predicted molar refractivity (Wildman–Crippen MR) is 47.2 cm³/mol. The quantitative estimate of drug-likeness (QED) is 0.634. The fourth-order valence-electron chi connectivity index (χ4n) is 1.10. The van der Waals surface area contributed by atoms with Crippen molar-refractivity contribution in [3.63, 3.8) is 0 Å². The van der Waals surface area contributed by atoms with Gasteiger partial charge in [0.25, 0.3) is 6.43 Å². The lowest BCUT2D eigenvalue weighted by Gasteiger charge is -2.13. The summed E-state index contributed by atoms with van der Waals surface area (Å²) in [5, 5.41) is 0. The molecule has 0 aliphatic heterocycles. The van der Waals surface area contributed by atoms with Crippen LogP contribution in [0.5, 0.6) is 5.88 Å². The monoisotopic (exact) mass is 289 g/mol. The van der Waals surface area contributed by atoms with Crippen molar-refractivity contribution in [2.75, 3.05) is 7.11 Å². The van der Waals surface area contributed by atoms with Crippen molar-refractivity contribution in [3.8, 4) is 5.88 Å². The van der Waals surface area contributed by atoms with Gasteiger partial charge in [-0.15, -0.1) is 13.2 Å². The third-order valence-corrected chi connectivity index (χ3v) is 1.80. The maximum atomic E-state index is 13.3. The standard InChI is InChI=1S/C9H5F6NO3/c1-18-8(17)4-2-3(10)5(6(11)12)7(16-4)19-9(13,14)15/h2,6H,1H3. The first-order valence-corrected chi connectivity index (χ1v) is 4.48. The number of pyridine rings is 1. The molecule has 10 heteroatoms. The first-order chi connectivity index (χ1) is 8.65. The molecule has 0 atom stereocenters. The van der Waals surface area contributed by atoms with Gasteiger partial charge in [-0.1, -0.05) is 0 Å². The summed E-state index contributed by atoms with van der Waals surface area (Å²) in [4.78, 5) is 13.9. The number of ether oxygens (including phenoxy) is 2. The zero-order valence-corrected chi connectivity index (χ0v) is 9.09. The van der Waals surface area contributed by atoms with Gasteiger partial charge >= 0.3 is 12.3 Å². The van der Waals surface area contributed by atoms with Crippen molar-refractivity contribution < 1.29 is 40.6 Å². The summed E-state index contributed by atoms with van der Waals surface area (Å²) < 4.78 is 81.3. The van der Waals surface area contributed by atoms with E-state index in [1.165, 1.54) is 0 Å². The van der Waals surface area contributed by atoms with E-state index < -0.39 is 41.7 Å². The van der Waals surface area contributed by atoms with Crippen LogP contribution in [-0.4, -0.2) is 24.4 Å². The molecule has 0 radical (unpaired) electrons. The first kappa shape index (κ1) is 15.1. The summed E-state index contributed by atoms with van der Waals surface area (Å²) >= 11 is 0. The number of hydrogen-bond acceptors (Lipinski definition) is 4. The summed E-state index contributed by atoms with van der Waals surface area (Å²) in [7, 11) is 0.854. The molecule has 0 saturated heterocycles. The minimum atomic E-state index is -5.36. The van der Waals surface area contributed by atoms with Gasteiger partial charge < -0.3 is 9.47 Å². The molecule has 1 aromatic rings. The van der Waals surface area contributed by atoms with Crippen molar-refractivity contribution in [2.45, 2.75) is 12.8 Å². The normalized spacial score (nSPS) is 11.6. The third-order valence-electron chi connectivity index (χ3n) is 1.80. The Balaban J connectivity index is 3.37. The number of halogens is 6. The number of nitrogens with zero attached hydrogens (tertiary/aromatic N) is 1. The highest BCUT2D eigenvalue weighted by Gasteiger charge is 2.36. The molecule has 1 rings (SSSR count). The lowest BCUT2D eigenvalue weighted by atomic mass is 10.2. The number of methoxy groups -OCH3 is 1. The van der Waals surface area contributed by atoms with Crippen LogP contribution in [0.3, 0.4) is 0 Å². The number of hydrogen-bond donors (Lipinski definition) is 0. The van der Waals surface area contributed by atoms with Crippen molar-refractivity contribution in [1.82, 2.24) is 4.98 Å². The molecule has 0 amide bonds. The summed E-state index contributed by atoms with van der Waals surface area (Å²) in [6.07, 6.45) is -8.96. The Morgan fingerprint density at radius 1 is 1.37 bits per heavy atom. The second-order valence-electron chi connectivity index (χ2n) is 3.05. The van der Waals surface area contributed by atoms with E-state index in [9.17, 15) is 31.1 Å². The van der Waals surface area contributed by atoms with Crippen molar-refractivity contribution in [2.24, 2.45) is 0 Å². The van der Waals surface area contributed by atoms with Crippen molar-refractivity contribution in [1.29, 1.82) is 0 Å². The van der Waals surface area contributed by atoms with Gasteiger partial charge in [0.2, 0.25) is 5.88 Å². The summed E-state index contributed by atoms with van der Waals surface area (Å²) in [5.74, 6) is -4.79. The molecule has 4 nitrogen and oxygen atoms in total. The molecule has 1 aromatic heterocycles. The number of carbonyl (C=O) groups is 1. The molecule has 19 heavy (non-hydrogen) atoms. The lowest BCUT2D eigenvalue weighted by molar-refractivity contribution is -0.276. The molecule has 0 aliphatic rings. The highest BCUT2D eigenvalue weighted by Crippen LogP contribution is 2.33. The average molecular weight is 289 g/mol. The van der Waals surface area contributed by atoms with E-state index in [-0.39, 0.29) is 6.07 Å². The van der Waals surface area contributed by atoms with E-state index in [0.717, 1.165) is 7.11 Å². The molecule has 0 fully saturated rings. The molecular formula is C9H5F6NO3. The molecule has 0 spiro atoms. The topological polar surface area (TPSA) is 48.4 Å². The van der Waals surface area contributed by atoms with Crippen LogP contribution in [0.25, 0.3) is 0 Å². The van der Waals surface area contributed by atoms with Gasteiger partial charge in [0.1, 0.15) is 11.4 Å². The maximum Gasteiger partial charge on any atom is 0.574 e. The van der Waals surface area contributed by atoms with Gasteiger partial charge in [-0.25, -0.2) is 22.9 Å².